The molecule has 0 saturated heterocycles. The van der Waals surface area contributed by atoms with Crippen LogP contribution in [0.3, 0.4) is 0 Å². The molecular weight excluding hydrogens is 444 g/mol. The topological polar surface area (TPSA) is 27.7 Å². The van der Waals surface area contributed by atoms with Crippen molar-refractivity contribution in [1.82, 2.24) is 0 Å². The summed E-state index contributed by atoms with van der Waals surface area (Å²) in [5, 5.41) is -0.685. The van der Waals surface area contributed by atoms with Crippen LogP contribution in [-0.4, -0.2) is 55.7 Å². The molecular formula is C22H53FO3Si4. The van der Waals surface area contributed by atoms with E-state index in [1.54, 1.807) is 0 Å². The average molecular weight is 497 g/mol. The van der Waals surface area contributed by atoms with Crippen molar-refractivity contribution in [2.75, 3.05) is 6.30 Å². The van der Waals surface area contributed by atoms with Crippen LogP contribution in [0.25, 0.3) is 0 Å². The van der Waals surface area contributed by atoms with Gasteiger partial charge in [-0.1, -0.05) is 47.3 Å². The Morgan fingerprint density at radius 1 is 0.733 bits per heavy atom. The van der Waals surface area contributed by atoms with Gasteiger partial charge in [0.25, 0.3) is 0 Å². The first-order chi connectivity index (χ1) is 13.3. The fourth-order valence-electron chi connectivity index (χ4n) is 4.21. The van der Waals surface area contributed by atoms with Gasteiger partial charge in [-0.3, -0.25) is 4.39 Å². The summed E-state index contributed by atoms with van der Waals surface area (Å²) in [6, 6.07) is 0. The molecule has 3 nitrogen and oxygen atoms in total. The SMILES string of the molecule is CCC(CC)(O[Si](C)(C)C(C)(CC)O[Si](C)(C)CF)[SiH](C)OC(C)(CC)[Si](C)(C)C. The third-order valence-corrected chi connectivity index (χ3v) is 21.0. The van der Waals surface area contributed by atoms with Crippen molar-refractivity contribution in [2.45, 2.75) is 135 Å². The fraction of sp³-hybridized carbons (Fsp3) is 1.00. The van der Waals surface area contributed by atoms with E-state index in [0.717, 1.165) is 25.7 Å². The summed E-state index contributed by atoms with van der Waals surface area (Å²) in [6.07, 6.45) is 3.41. The molecule has 3 atom stereocenters. The van der Waals surface area contributed by atoms with E-state index in [2.05, 4.69) is 80.8 Å². The standard InChI is InChI=1S/C22H53FO3Si4/c1-15-20(5,28(8,9)10)24-27(7)22(17-3,18-4)26-30(13,14)21(6,16-2)25-29(11,12)19-23/h27H,15-19H2,1-14H3. The normalized spacial score (nSPS) is 19.3. The van der Waals surface area contributed by atoms with E-state index < -0.39 is 39.0 Å². The number of halogens is 1. The van der Waals surface area contributed by atoms with Gasteiger partial charge in [-0.05, 0) is 72.3 Å². The van der Waals surface area contributed by atoms with Crippen molar-refractivity contribution in [3.05, 3.63) is 0 Å². The monoisotopic (exact) mass is 496 g/mol. The minimum Gasteiger partial charge on any atom is -0.415 e. The maximum Gasteiger partial charge on any atom is 0.218 e. The third-order valence-electron chi connectivity index (χ3n) is 7.87. The number of hydrogen-bond acceptors (Lipinski definition) is 3. The number of hydrogen-bond donors (Lipinski definition) is 0. The molecule has 182 valence electrons. The van der Waals surface area contributed by atoms with Gasteiger partial charge < -0.3 is 13.3 Å². The minimum absolute atomic E-state index is 0.0447. The number of rotatable bonds is 14. The molecule has 0 rings (SSSR count). The number of alkyl halides is 1. The smallest absolute Gasteiger partial charge is 0.218 e. The highest BCUT2D eigenvalue weighted by molar-refractivity contribution is 6.80. The van der Waals surface area contributed by atoms with Gasteiger partial charge in [-0.2, -0.15) is 0 Å². The third kappa shape index (κ3) is 6.84. The second-order valence-electron chi connectivity index (χ2n) is 11.6. The summed E-state index contributed by atoms with van der Waals surface area (Å²) in [7, 11) is -7.92. The van der Waals surface area contributed by atoms with E-state index in [4.69, 9.17) is 13.3 Å². The largest absolute Gasteiger partial charge is 0.415 e. The molecule has 0 radical (unpaired) electrons. The van der Waals surface area contributed by atoms with Gasteiger partial charge in [0.2, 0.25) is 25.7 Å². The second-order valence-corrected chi connectivity index (χ2v) is 28.0. The van der Waals surface area contributed by atoms with Crippen LogP contribution in [-0.2, 0) is 13.3 Å². The Kier molecular flexibility index (Phi) is 11.0. The molecule has 30 heavy (non-hydrogen) atoms. The molecule has 0 fully saturated rings. The van der Waals surface area contributed by atoms with Crippen molar-refractivity contribution in [3.8, 4) is 0 Å². The van der Waals surface area contributed by atoms with E-state index in [1.807, 2.05) is 13.1 Å². The molecule has 0 aromatic rings. The van der Waals surface area contributed by atoms with E-state index in [-0.39, 0.29) is 16.7 Å². The van der Waals surface area contributed by atoms with Crippen LogP contribution in [0, 0.1) is 0 Å². The maximum absolute atomic E-state index is 13.7. The molecule has 0 heterocycles. The van der Waals surface area contributed by atoms with Crippen LogP contribution in [0.5, 0.6) is 0 Å². The van der Waals surface area contributed by atoms with Crippen molar-refractivity contribution in [1.29, 1.82) is 0 Å². The Hall–Kier alpha value is 0.678. The van der Waals surface area contributed by atoms with Gasteiger partial charge in [0, 0.05) is 5.22 Å². The minimum atomic E-state index is -2.36. The van der Waals surface area contributed by atoms with Crippen molar-refractivity contribution < 1.29 is 17.7 Å². The average Bonchev–Trinajstić information content (AvgIpc) is 2.64. The molecule has 0 aliphatic rings. The van der Waals surface area contributed by atoms with E-state index in [1.165, 1.54) is 0 Å². The Bertz CT molecular complexity index is 535. The zero-order valence-electron chi connectivity index (χ0n) is 22.7. The molecule has 0 bridgehead atoms. The van der Waals surface area contributed by atoms with Crippen LogP contribution in [0.15, 0.2) is 0 Å². The van der Waals surface area contributed by atoms with E-state index in [0.29, 0.717) is 0 Å². The Balaban J connectivity index is 6.03. The van der Waals surface area contributed by atoms with Gasteiger partial charge in [-0.25, -0.2) is 0 Å². The molecule has 0 aromatic heterocycles. The van der Waals surface area contributed by atoms with Gasteiger partial charge in [0.05, 0.1) is 18.5 Å². The predicted octanol–water partition coefficient (Wildman–Crippen LogP) is 7.16. The summed E-state index contributed by atoms with van der Waals surface area (Å²) in [5.74, 6) is 0. The molecule has 0 spiro atoms. The first kappa shape index (κ1) is 30.7. The lowest BCUT2D eigenvalue weighted by Crippen LogP contribution is -2.67. The Labute approximate surface area is 192 Å². The lowest BCUT2D eigenvalue weighted by Gasteiger charge is -2.53. The molecule has 0 N–H and O–H groups in total. The summed E-state index contributed by atoms with van der Waals surface area (Å²) < 4.78 is 34.4. The molecule has 3 unspecified atom stereocenters. The van der Waals surface area contributed by atoms with Crippen molar-refractivity contribution >= 4 is 33.7 Å². The highest BCUT2D eigenvalue weighted by Gasteiger charge is 2.54. The Morgan fingerprint density at radius 2 is 1.17 bits per heavy atom. The molecule has 0 amide bonds. The molecule has 0 saturated carbocycles. The van der Waals surface area contributed by atoms with Gasteiger partial charge >= 0.3 is 0 Å². The first-order valence-electron chi connectivity index (χ1n) is 12.0. The zero-order chi connectivity index (χ0) is 24.2. The highest BCUT2D eigenvalue weighted by Crippen LogP contribution is 2.40. The van der Waals surface area contributed by atoms with Crippen LogP contribution < -0.4 is 0 Å². The van der Waals surface area contributed by atoms with Gasteiger partial charge in [-0.15, -0.1) is 0 Å². The summed E-state index contributed by atoms with van der Waals surface area (Å²) in [5.41, 5.74) is 0. The fourth-order valence-corrected chi connectivity index (χ4v) is 16.7. The summed E-state index contributed by atoms with van der Waals surface area (Å²) in [4.78, 5) is 0. The van der Waals surface area contributed by atoms with Gasteiger partial charge in [0.1, 0.15) is 6.30 Å². The highest BCUT2D eigenvalue weighted by atomic mass is 28.4. The van der Waals surface area contributed by atoms with Crippen LogP contribution in [0.2, 0.25) is 52.4 Å². The lowest BCUT2D eigenvalue weighted by molar-refractivity contribution is 0.0431. The van der Waals surface area contributed by atoms with Crippen molar-refractivity contribution in [2.24, 2.45) is 0 Å². The lowest BCUT2D eigenvalue weighted by atomic mass is 10.2. The van der Waals surface area contributed by atoms with Crippen LogP contribution in [0.1, 0.15) is 67.2 Å². The Morgan fingerprint density at radius 3 is 1.47 bits per heavy atom. The predicted molar refractivity (Wildman–Crippen MR) is 141 cm³/mol. The van der Waals surface area contributed by atoms with E-state index >= 15 is 0 Å². The summed E-state index contributed by atoms with van der Waals surface area (Å²) in [6.45, 7) is 31.4. The second kappa shape index (κ2) is 10.7. The quantitative estimate of drug-likeness (QED) is 0.239. The first-order valence-corrected chi connectivity index (χ1v) is 23.7. The molecule has 0 aromatic carbocycles. The van der Waals surface area contributed by atoms with E-state index in [9.17, 15) is 4.39 Å². The van der Waals surface area contributed by atoms with Crippen molar-refractivity contribution in [3.63, 3.8) is 0 Å². The maximum atomic E-state index is 13.7. The van der Waals surface area contributed by atoms with Crippen LogP contribution in [0.4, 0.5) is 4.39 Å². The van der Waals surface area contributed by atoms with Gasteiger partial charge in [0.15, 0.2) is 0 Å². The summed E-state index contributed by atoms with van der Waals surface area (Å²) >= 11 is 0. The molecule has 0 aliphatic heterocycles. The molecule has 8 heteroatoms. The van der Waals surface area contributed by atoms with Crippen LogP contribution >= 0.6 is 0 Å². The zero-order valence-corrected chi connectivity index (χ0v) is 26.9. The molecule has 0 aliphatic carbocycles.